The van der Waals surface area contributed by atoms with Crippen LogP contribution in [0.5, 0.6) is 11.5 Å². The summed E-state index contributed by atoms with van der Waals surface area (Å²) in [5.74, 6) is 0.965. The summed E-state index contributed by atoms with van der Waals surface area (Å²) in [6.07, 6.45) is 0.119. The Morgan fingerprint density at radius 3 is 2.36 bits per heavy atom. The van der Waals surface area contributed by atoms with Gasteiger partial charge in [0.2, 0.25) is 11.8 Å². The Bertz CT molecular complexity index is 1360. The van der Waals surface area contributed by atoms with E-state index in [-0.39, 0.29) is 30.9 Å². The van der Waals surface area contributed by atoms with Crippen molar-refractivity contribution in [3.05, 3.63) is 89.4 Å². The van der Waals surface area contributed by atoms with Crippen molar-refractivity contribution < 1.29 is 23.9 Å². The van der Waals surface area contributed by atoms with Crippen LogP contribution in [-0.2, 0) is 20.9 Å². The number of hydrogen-bond acceptors (Lipinski definition) is 6. The summed E-state index contributed by atoms with van der Waals surface area (Å²) in [5, 5.41) is 6.35. The SMILES string of the molecule is CC(C)(C)OC(=O)N[C@H]1CCN(C(=O)CN(CC(=O)NCc2cccc(Cl)c2)c2ccc(Oc3ccccc3)cc2)C1. The second-order valence-corrected chi connectivity index (χ2v) is 11.6. The van der Waals surface area contributed by atoms with Crippen LogP contribution in [0.3, 0.4) is 0 Å². The van der Waals surface area contributed by atoms with Gasteiger partial charge >= 0.3 is 6.09 Å². The highest BCUT2D eigenvalue weighted by Gasteiger charge is 2.30. The van der Waals surface area contributed by atoms with Crippen LogP contribution < -0.4 is 20.3 Å². The minimum atomic E-state index is -0.603. The number of amides is 3. The van der Waals surface area contributed by atoms with Crippen LogP contribution in [0.4, 0.5) is 10.5 Å². The highest BCUT2D eigenvalue weighted by Crippen LogP contribution is 2.25. The first-order valence-corrected chi connectivity index (χ1v) is 14.3. The average molecular weight is 593 g/mol. The number of nitrogens with one attached hydrogen (secondary N) is 2. The van der Waals surface area contributed by atoms with Gasteiger partial charge in [-0.1, -0.05) is 41.9 Å². The second kappa shape index (κ2) is 14.1. The lowest BCUT2D eigenvalue weighted by molar-refractivity contribution is -0.128. The normalized spacial score (nSPS) is 14.7. The minimum absolute atomic E-state index is 0.0113. The van der Waals surface area contributed by atoms with Crippen LogP contribution >= 0.6 is 11.6 Å². The summed E-state index contributed by atoms with van der Waals surface area (Å²) in [7, 11) is 0. The molecule has 1 heterocycles. The molecule has 0 aliphatic carbocycles. The highest BCUT2D eigenvalue weighted by atomic mass is 35.5. The quantitative estimate of drug-likeness (QED) is 0.328. The zero-order valence-electron chi connectivity index (χ0n) is 24.1. The maximum Gasteiger partial charge on any atom is 0.407 e. The zero-order valence-corrected chi connectivity index (χ0v) is 24.9. The van der Waals surface area contributed by atoms with E-state index in [1.807, 2.05) is 54.6 Å². The average Bonchev–Trinajstić information content (AvgIpc) is 3.40. The third kappa shape index (κ3) is 9.69. The summed E-state index contributed by atoms with van der Waals surface area (Å²) >= 11 is 6.07. The molecule has 1 saturated heterocycles. The van der Waals surface area contributed by atoms with Gasteiger partial charge < -0.3 is 29.9 Å². The molecule has 0 radical (unpaired) electrons. The van der Waals surface area contributed by atoms with E-state index >= 15 is 0 Å². The van der Waals surface area contributed by atoms with E-state index in [1.54, 1.807) is 54.8 Å². The van der Waals surface area contributed by atoms with Gasteiger partial charge in [-0.3, -0.25) is 9.59 Å². The van der Waals surface area contributed by atoms with Gasteiger partial charge in [0.15, 0.2) is 0 Å². The fourth-order valence-electron chi connectivity index (χ4n) is 4.51. The van der Waals surface area contributed by atoms with E-state index in [0.717, 1.165) is 5.56 Å². The van der Waals surface area contributed by atoms with E-state index in [4.69, 9.17) is 21.1 Å². The lowest BCUT2D eigenvalue weighted by Crippen LogP contribution is -2.45. The molecule has 42 heavy (non-hydrogen) atoms. The van der Waals surface area contributed by atoms with E-state index in [2.05, 4.69) is 10.6 Å². The van der Waals surface area contributed by atoms with Crippen LogP contribution in [0.15, 0.2) is 78.9 Å². The van der Waals surface area contributed by atoms with Crippen molar-refractivity contribution in [3.8, 4) is 11.5 Å². The van der Waals surface area contributed by atoms with Gasteiger partial charge in [-0.15, -0.1) is 0 Å². The standard InChI is InChI=1S/C32H37ClN4O5/c1-32(2,3)42-31(40)35-25-16-17-36(20-25)30(39)22-37(21-29(38)34-19-23-8-7-9-24(33)18-23)26-12-14-28(15-13-26)41-27-10-5-4-6-11-27/h4-15,18,25H,16-17,19-22H2,1-3H3,(H,34,38)(H,35,40)/t25-/m0/s1. The number of alkyl carbamates (subject to hydrolysis) is 1. The molecule has 3 amide bonds. The zero-order chi connectivity index (χ0) is 30.1. The molecule has 4 rings (SSSR count). The number of para-hydroxylation sites is 1. The molecule has 3 aromatic rings. The predicted octanol–water partition coefficient (Wildman–Crippen LogP) is 5.38. The summed E-state index contributed by atoms with van der Waals surface area (Å²) in [4.78, 5) is 42.0. The molecule has 1 atom stereocenters. The molecule has 0 bridgehead atoms. The molecule has 3 aromatic carbocycles. The number of anilines is 1. The van der Waals surface area contributed by atoms with Crippen LogP contribution in [-0.4, -0.2) is 60.6 Å². The van der Waals surface area contributed by atoms with Crippen LogP contribution in [0.25, 0.3) is 0 Å². The summed E-state index contributed by atoms with van der Waals surface area (Å²) in [6.45, 7) is 6.55. The number of nitrogens with zero attached hydrogens (tertiary/aromatic N) is 2. The monoisotopic (exact) mass is 592 g/mol. The number of carbonyl (C=O) groups excluding carboxylic acids is 3. The predicted molar refractivity (Wildman–Crippen MR) is 163 cm³/mol. The number of halogens is 1. The van der Waals surface area contributed by atoms with E-state index < -0.39 is 11.7 Å². The third-order valence-electron chi connectivity index (χ3n) is 6.48. The molecule has 222 valence electrons. The first-order valence-electron chi connectivity index (χ1n) is 13.9. The van der Waals surface area contributed by atoms with E-state index in [0.29, 0.717) is 48.3 Å². The van der Waals surface area contributed by atoms with Crippen molar-refractivity contribution in [1.82, 2.24) is 15.5 Å². The van der Waals surface area contributed by atoms with Gasteiger partial charge in [-0.05, 0) is 81.3 Å². The Kier molecular flexibility index (Phi) is 10.3. The van der Waals surface area contributed by atoms with Crippen molar-refractivity contribution in [2.45, 2.75) is 45.4 Å². The number of likely N-dealkylation sites (tertiary alicyclic amines) is 1. The van der Waals surface area contributed by atoms with E-state index in [9.17, 15) is 14.4 Å². The van der Waals surface area contributed by atoms with Crippen molar-refractivity contribution in [1.29, 1.82) is 0 Å². The lowest BCUT2D eigenvalue weighted by atomic mass is 10.2. The molecule has 0 unspecified atom stereocenters. The first-order chi connectivity index (χ1) is 20.0. The van der Waals surface area contributed by atoms with Gasteiger partial charge in [-0.2, -0.15) is 0 Å². The molecule has 1 fully saturated rings. The Hall–Kier alpha value is -4.24. The molecule has 2 N–H and O–H groups in total. The van der Waals surface area contributed by atoms with Gasteiger partial charge in [0, 0.05) is 30.3 Å². The lowest BCUT2D eigenvalue weighted by Gasteiger charge is -2.27. The summed E-state index contributed by atoms with van der Waals surface area (Å²) in [5.41, 5.74) is 0.971. The second-order valence-electron chi connectivity index (χ2n) is 11.1. The van der Waals surface area contributed by atoms with Gasteiger partial charge in [0.25, 0.3) is 0 Å². The first kappa shape index (κ1) is 30.7. The number of rotatable bonds is 10. The maximum absolute atomic E-state index is 13.4. The van der Waals surface area contributed by atoms with Crippen LogP contribution in [0.2, 0.25) is 5.02 Å². The fraction of sp³-hybridized carbons (Fsp3) is 0.344. The Morgan fingerprint density at radius 2 is 1.67 bits per heavy atom. The molecule has 1 aliphatic rings. The molecular weight excluding hydrogens is 556 g/mol. The van der Waals surface area contributed by atoms with Crippen molar-refractivity contribution in [2.75, 3.05) is 31.1 Å². The van der Waals surface area contributed by atoms with Gasteiger partial charge in [0.05, 0.1) is 19.1 Å². The Balaban J connectivity index is 1.40. The molecule has 9 nitrogen and oxygen atoms in total. The van der Waals surface area contributed by atoms with Gasteiger partial charge in [-0.25, -0.2) is 4.79 Å². The smallest absolute Gasteiger partial charge is 0.407 e. The summed E-state index contributed by atoms with van der Waals surface area (Å²) < 4.78 is 11.2. The Labute approximate surface area is 251 Å². The topological polar surface area (TPSA) is 100 Å². The number of hydrogen-bond donors (Lipinski definition) is 2. The number of carbonyl (C=O) groups is 3. The van der Waals surface area contributed by atoms with Crippen molar-refractivity contribution >= 4 is 35.2 Å². The molecule has 0 aromatic heterocycles. The molecule has 1 aliphatic heterocycles. The minimum Gasteiger partial charge on any atom is -0.457 e. The highest BCUT2D eigenvalue weighted by molar-refractivity contribution is 6.30. The third-order valence-corrected chi connectivity index (χ3v) is 6.72. The largest absolute Gasteiger partial charge is 0.457 e. The number of ether oxygens (including phenoxy) is 2. The summed E-state index contributed by atoms with van der Waals surface area (Å²) in [6, 6.07) is 23.8. The molecule has 0 saturated carbocycles. The van der Waals surface area contributed by atoms with Crippen molar-refractivity contribution in [2.24, 2.45) is 0 Å². The molecule has 0 spiro atoms. The Morgan fingerprint density at radius 1 is 0.952 bits per heavy atom. The molecule has 10 heteroatoms. The fourth-order valence-corrected chi connectivity index (χ4v) is 4.72. The van der Waals surface area contributed by atoms with Gasteiger partial charge in [0.1, 0.15) is 17.1 Å². The maximum atomic E-state index is 13.4. The van der Waals surface area contributed by atoms with Crippen LogP contribution in [0.1, 0.15) is 32.8 Å². The van der Waals surface area contributed by atoms with E-state index in [1.165, 1.54) is 0 Å². The number of benzene rings is 3. The van der Waals surface area contributed by atoms with Crippen LogP contribution in [0, 0.1) is 0 Å². The van der Waals surface area contributed by atoms with Crippen molar-refractivity contribution in [3.63, 3.8) is 0 Å². The molecular formula is C32H37ClN4O5.